The third-order valence-electron chi connectivity index (χ3n) is 8.26. The van der Waals surface area contributed by atoms with Crippen LogP contribution in [0, 0.1) is 29.6 Å². The molecular formula is C30H34O6. The second-order valence-electron chi connectivity index (χ2n) is 10.7. The Kier molecular flexibility index (Phi) is 7.07. The summed E-state index contributed by atoms with van der Waals surface area (Å²) >= 11 is 0. The summed E-state index contributed by atoms with van der Waals surface area (Å²) in [4.78, 5) is 11.1. The lowest BCUT2D eigenvalue weighted by molar-refractivity contribution is -0.150. The Hall–Kier alpha value is -2.85. The number of carboxylic acids is 1. The van der Waals surface area contributed by atoms with E-state index in [1.807, 2.05) is 19.1 Å². The fraction of sp³-hybridized carbons (Fsp3) is 0.500. The van der Waals surface area contributed by atoms with Crippen LogP contribution in [0.15, 0.2) is 42.5 Å². The Morgan fingerprint density at radius 1 is 1.06 bits per heavy atom. The van der Waals surface area contributed by atoms with Gasteiger partial charge in [-0.3, -0.25) is 0 Å². The maximum atomic E-state index is 11.1. The second-order valence-corrected chi connectivity index (χ2v) is 10.7. The monoisotopic (exact) mass is 490 g/mol. The van der Waals surface area contributed by atoms with Gasteiger partial charge in [-0.25, -0.2) is 4.79 Å². The highest BCUT2D eigenvalue weighted by atomic mass is 16.7. The van der Waals surface area contributed by atoms with Gasteiger partial charge in [-0.15, -0.1) is 0 Å². The molecule has 2 atom stereocenters. The molecule has 2 aromatic carbocycles. The Balaban J connectivity index is 1.42. The summed E-state index contributed by atoms with van der Waals surface area (Å²) in [5.41, 5.74) is 2.85. The van der Waals surface area contributed by atoms with E-state index in [-0.39, 0.29) is 24.1 Å². The number of carboxylic acid groups (broad SMARTS) is 1. The topological polar surface area (TPSA) is 85.2 Å². The van der Waals surface area contributed by atoms with Crippen molar-refractivity contribution < 1.29 is 29.2 Å². The number of aliphatic hydroxyl groups excluding tert-OH is 1. The minimum atomic E-state index is -0.976. The van der Waals surface area contributed by atoms with Gasteiger partial charge >= 0.3 is 5.97 Å². The van der Waals surface area contributed by atoms with Crippen molar-refractivity contribution in [3.05, 3.63) is 64.7 Å². The van der Waals surface area contributed by atoms with Crippen LogP contribution in [-0.4, -0.2) is 36.4 Å². The number of benzene rings is 2. The van der Waals surface area contributed by atoms with E-state index in [1.165, 1.54) is 56.2 Å². The van der Waals surface area contributed by atoms with Crippen LogP contribution in [-0.2, 0) is 14.9 Å². The molecule has 6 heteroatoms. The van der Waals surface area contributed by atoms with Crippen molar-refractivity contribution in [3.63, 3.8) is 0 Å². The Labute approximate surface area is 212 Å². The molecule has 36 heavy (non-hydrogen) atoms. The SMILES string of the molecule is COC(C)OCOc1ccc(C(O)C#Cc2ccc(C(=O)O)cc2)cc1C12CC3CC(CC(C3)C1)C2. The average molecular weight is 491 g/mol. The fourth-order valence-electron chi connectivity index (χ4n) is 6.89. The molecule has 0 amide bonds. The molecule has 0 heterocycles. The largest absolute Gasteiger partial charge is 0.478 e. The first-order valence-electron chi connectivity index (χ1n) is 12.8. The second kappa shape index (κ2) is 10.3. The maximum absolute atomic E-state index is 11.1. The molecule has 4 aliphatic carbocycles. The highest BCUT2D eigenvalue weighted by molar-refractivity contribution is 5.87. The Morgan fingerprint density at radius 2 is 1.69 bits per heavy atom. The molecule has 0 saturated heterocycles. The van der Waals surface area contributed by atoms with E-state index < -0.39 is 12.1 Å². The van der Waals surface area contributed by atoms with Crippen LogP contribution in [0.1, 0.15) is 78.6 Å². The summed E-state index contributed by atoms with van der Waals surface area (Å²) in [6.45, 7) is 1.93. The van der Waals surface area contributed by atoms with Crippen LogP contribution in [0.3, 0.4) is 0 Å². The van der Waals surface area contributed by atoms with Crippen LogP contribution in [0.4, 0.5) is 0 Å². The Bertz CT molecular complexity index is 1120. The predicted molar refractivity (Wildman–Crippen MR) is 135 cm³/mol. The third kappa shape index (κ3) is 5.15. The number of aromatic carboxylic acids is 1. The van der Waals surface area contributed by atoms with E-state index in [1.54, 1.807) is 19.2 Å². The number of aliphatic hydroxyl groups is 1. The maximum Gasteiger partial charge on any atom is 0.335 e. The van der Waals surface area contributed by atoms with Crippen molar-refractivity contribution in [1.82, 2.24) is 0 Å². The molecule has 6 rings (SSSR count). The zero-order valence-electron chi connectivity index (χ0n) is 20.9. The molecule has 0 radical (unpaired) electrons. The van der Waals surface area contributed by atoms with E-state index >= 15 is 0 Å². The van der Waals surface area contributed by atoms with Gasteiger partial charge in [0.1, 0.15) is 11.9 Å². The smallest absolute Gasteiger partial charge is 0.335 e. The van der Waals surface area contributed by atoms with Crippen LogP contribution in [0.25, 0.3) is 0 Å². The van der Waals surface area contributed by atoms with Crippen molar-refractivity contribution >= 4 is 5.97 Å². The molecule has 0 aromatic heterocycles. The Morgan fingerprint density at radius 3 is 2.28 bits per heavy atom. The molecule has 0 spiro atoms. The summed E-state index contributed by atoms with van der Waals surface area (Å²) in [6.07, 6.45) is 6.24. The molecule has 6 nitrogen and oxygen atoms in total. The minimum Gasteiger partial charge on any atom is -0.478 e. The summed E-state index contributed by atoms with van der Waals surface area (Å²) in [5, 5.41) is 20.0. The summed E-state index contributed by atoms with van der Waals surface area (Å²) in [6, 6.07) is 12.2. The highest BCUT2D eigenvalue weighted by Gasteiger charge is 2.52. The number of hydrogen-bond acceptors (Lipinski definition) is 5. The molecule has 4 saturated carbocycles. The van der Waals surface area contributed by atoms with Gasteiger partial charge in [0.2, 0.25) is 0 Å². The van der Waals surface area contributed by atoms with Gasteiger partial charge in [-0.1, -0.05) is 17.9 Å². The van der Waals surface area contributed by atoms with Crippen molar-refractivity contribution in [2.75, 3.05) is 13.9 Å². The van der Waals surface area contributed by atoms with Gasteiger partial charge in [0.15, 0.2) is 13.1 Å². The summed E-state index contributed by atoms with van der Waals surface area (Å²) < 4.78 is 16.9. The standard InChI is InChI=1S/C30H34O6/c1-19(34-2)35-18-36-28-10-8-25(27(31)9-5-20-3-6-24(7-4-20)29(32)33)14-26(28)30-15-21-11-22(16-30)13-23(12-21)17-30/h3-4,6-8,10,14,19,21-23,27,31H,11-13,15-18H2,1-2H3,(H,32,33). The summed E-state index contributed by atoms with van der Waals surface area (Å²) in [7, 11) is 1.60. The van der Waals surface area contributed by atoms with Crippen LogP contribution in [0.5, 0.6) is 5.75 Å². The van der Waals surface area contributed by atoms with Crippen molar-refractivity contribution in [3.8, 4) is 17.6 Å². The zero-order valence-corrected chi connectivity index (χ0v) is 20.9. The third-order valence-corrected chi connectivity index (χ3v) is 8.26. The first-order chi connectivity index (χ1) is 17.3. The molecule has 2 unspecified atom stereocenters. The average Bonchev–Trinajstić information content (AvgIpc) is 2.86. The molecular weight excluding hydrogens is 456 g/mol. The molecule has 4 bridgehead atoms. The van der Waals surface area contributed by atoms with Gasteiger partial charge in [-0.05, 0) is 111 Å². The molecule has 2 N–H and O–H groups in total. The molecule has 2 aromatic rings. The lowest BCUT2D eigenvalue weighted by Crippen LogP contribution is -2.48. The molecule has 190 valence electrons. The van der Waals surface area contributed by atoms with Gasteiger partial charge < -0.3 is 24.4 Å². The first-order valence-corrected chi connectivity index (χ1v) is 12.8. The van der Waals surface area contributed by atoms with E-state index in [2.05, 4.69) is 17.9 Å². The van der Waals surface area contributed by atoms with Crippen molar-refractivity contribution in [1.29, 1.82) is 0 Å². The van der Waals surface area contributed by atoms with Crippen molar-refractivity contribution in [2.45, 2.75) is 63.3 Å². The molecule has 4 aliphatic rings. The molecule has 4 fully saturated rings. The number of carbonyl (C=O) groups is 1. The van der Waals surface area contributed by atoms with Gasteiger partial charge in [0, 0.05) is 18.2 Å². The van der Waals surface area contributed by atoms with Crippen molar-refractivity contribution in [2.24, 2.45) is 17.8 Å². The number of ether oxygens (including phenoxy) is 3. The summed E-state index contributed by atoms with van der Waals surface area (Å²) in [5.74, 6) is 8.06. The van der Waals surface area contributed by atoms with E-state index in [9.17, 15) is 9.90 Å². The minimum absolute atomic E-state index is 0.0762. The van der Waals surface area contributed by atoms with E-state index in [0.717, 1.165) is 29.1 Å². The molecule has 0 aliphatic heterocycles. The number of rotatable bonds is 8. The van der Waals surface area contributed by atoms with E-state index in [4.69, 9.17) is 19.3 Å². The van der Waals surface area contributed by atoms with Crippen LogP contribution < -0.4 is 4.74 Å². The van der Waals surface area contributed by atoms with Gasteiger partial charge in [0.05, 0.1) is 5.56 Å². The van der Waals surface area contributed by atoms with E-state index in [0.29, 0.717) is 5.56 Å². The first kappa shape index (κ1) is 24.8. The lowest BCUT2D eigenvalue weighted by atomic mass is 9.48. The van der Waals surface area contributed by atoms with Crippen LogP contribution >= 0.6 is 0 Å². The van der Waals surface area contributed by atoms with Gasteiger partial charge in [-0.2, -0.15) is 0 Å². The van der Waals surface area contributed by atoms with Crippen LogP contribution in [0.2, 0.25) is 0 Å². The normalized spacial score (nSPS) is 27.7. The lowest BCUT2D eigenvalue weighted by Gasteiger charge is -2.57. The quantitative estimate of drug-likeness (QED) is 0.387. The number of methoxy groups -OCH3 is 1. The highest BCUT2D eigenvalue weighted by Crippen LogP contribution is 2.62. The fourth-order valence-corrected chi connectivity index (χ4v) is 6.89. The van der Waals surface area contributed by atoms with Gasteiger partial charge in [0.25, 0.3) is 0 Å². The number of hydrogen-bond donors (Lipinski definition) is 2. The zero-order chi connectivity index (χ0) is 25.3. The predicted octanol–water partition coefficient (Wildman–Crippen LogP) is 5.28.